The Labute approximate surface area is 151 Å². The molecule has 24 heavy (non-hydrogen) atoms. The summed E-state index contributed by atoms with van der Waals surface area (Å²) >= 11 is 1.71. The first-order valence-corrected chi connectivity index (χ1v) is 9.86. The second-order valence-corrected chi connectivity index (χ2v) is 8.34. The van der Waals surface area contributed by atoms with E-state index in [4.69, 9.17) is 0 Å². The Kier molecular flexibility index (Phi) is 7.04. The first-order valence-electron chi connectivity index (χ1n) is 8.98. The lowest BCUT2D eigenvalue weighted by molar-refractivity contribution is 0.0796. The molecule has 2 rings (SSSR count). The third-order valence-corrected chi connectivity index (χ3v) is 5.99. The summed E-state index contributed by atoms with van der Waals surface area (Å²) in [6, 6.07) is 0. The van der Waals surface area contributed by atoms with Gasteiger partial charge in [-0.3, -0.25) is 4.99 Å². The lowest BCUT2D eigenvalue weighted by Gasteiger charge is -2.45. The number of nitrogens with zero attached hydrogens (tertiary/aromatic N) is 3. The molecule has 1 aromatic rings. The molecule has 6 heteroatoms. The summed E-state index contributed by atoms with van der Waals surface area (Å²) in [7, 11) is 6.26. The highest BCUT2D eigenvalue weighted by molar-refractivity contribution is 7.09. The minimum Gasteiger partial charge on any atom is -0.356 e. The highest BCUT2D eigenvalue weighted by Gasteiger charge is 2.36. The van der Waals surface area contributed by atoms with E-state index in [0.29, 0.717) is 0 Å². The molecular formula is C18H33N5S. The van der Waals surface area contributed by atoms with Crippen molar-refractivity contribution in [1.29, 1.82) is 0 Å². The summed E-state index contributed by atoms with van der Waals surface area (Å²) in [6.07, 6.45) is 6.11. The normalized spacial score (nSPS) is 25.1. The number of hydrogen-bond donors (Lipinski definition) is 2. The fourth-order valence-corrected chi connectivity index (χ4v) is 4.31. The molecule has 0 amide bonds. The number of aromatic nitrogens is 1. The van der Waals surface area contributed by atoms with E-state index in [1.807, 2.05) is 14.0 Å². The number of nitrogens with one attached hydrogen (secondary N) is 2. The van der Waals surface area contributed by atoms with Crippen molar-refractivity contribution in [2.75, 3.05) is 34.2 Å². The van der Waals surface area contributed by atoms with Crippen LogP contribution in [-0.2, 0) is 6.42 Å². The number of rotatable bonds is 6. The molecular weight excluding hydrogens is 318 g/mol. The van der Waals surface area contributed by atoms with Gasteiger partial charge in [0.25, 0.3) is 0 Å². The molecule has 1 saturated carbocycles. The SMILES string of the molecule is CN=C(NCCc1csc(C)n1)NCC1(N(C)C)CCCC(C)C1. The van der Waals surface area contributed by atoms with Gasteiger partial charge in [-0.1, -0.05) is 19.8 Å². The Hall–Kier alpha value is -1.14. The van der Waals surface area contributed by atoms with Gasteiger partial charge in [-0.2, -0.15) is 0 Å². The van der Waals surface area contributed by atoms with E-state index < -0.39 is 0 Å². The lowest BCUT2D eigenvalue weighted by atomic mass is 9.75. The Morgan fingerprint density at radius 1 is 1.46 bits per heavy atom. The summed E-state index contributed by atoms with van der Waals surface area (Å²) in [5, 5.41) is 10.2. The van der Waals surface area contributed by atoms with Crippen molar-refractivity contribution in [3.8, 4) is 0 Å². The van der Waals surface area contributed by atoms with Crippen LogP contribution in [0.1, 0.15) is 43.3 Å². The topological polar surface area (TPSA) is 52.6 Å². The second-order valence-electron chi connectivity index (χ2n) is 7.28. The van der Waals surface area contributed by atoms with Crippen LogP contribution in [0.3, 0.4) is 0 Å². The molecule has 2 atom stereocenters. The minimum absolute atomic E-state index is 0.237. The average molecular weight is 352 g/mol. The Bertz CT molecular complexity index is 539. The van der Waals surface area contributed by atoms with Crippen LogP contribution in [0.15, 0.2) is 10.4 Å². The van der Waals surface area contributed by atoms with E-state index in [-0.39, 0.29) is 5.54 Å². The van der Waals surface area contributed by atoms with E-state index in [0.717, 1.165) is 42.1 Å². The monoisotopic (exact) mass is 351 g/mol. The zero-order valence-electron chi connectivity index (χ0n) is 15.9. The van der Waals surface area contributed by atoms with E-state index in [2.05, 4.69) is 51.9 Å². The Morgan fingerprint density at radius 2 is 2.25 bits per heavy atom. The van der Waals surface area contributed by atoms with Gasteiger partial charge in [0.15, 0.2) is 5.96 Å². The van der Waals surface area contributed by atoms with Gasteiger partial charge in [-0.25, -0.2) is 4.98 Å². The summed E-state index contributed by atoms with van der Waals surface area (Å²) in [6.45, 7) is 6.22. The standard InChI is InChI=1S/C18H33N5S/c1-14-7-6-9-18(11-14,23(4)5)13-21-17(19-3)20-10-8-16-12-24-15(2)22-16/h12,14H,6-11,13H2,1-5H3,(H2,19,20,21). The van der Waals surface area contributed by atoms with Crippen LogP contribution >= 0.6 is 11.3 Å². The van der Waals surface area contributed by atoms with Crippen LogP contribution < -0.4 is 10.6 Å². The average Bonchev–Trinajstić information content (AvgIpc) is 2.96. The Morgan fingerprint density at radius 3 is 2.83 bits per heavy atom. The van der Waals surface area contributed by atoms with Crippen LogP contribution in [0.4, 0.5) is 0 Å². The van der Waals surface area contributed by atoms with Crippen molar-refractivity contribution in [3.05, 3.63) is 16.1 Å². The first-order chi connectivity index (χ1) is 11.4. The van der Waals surface area contributed by atoms with Gasteiger partial charge in [0, 0.05) is 37.5 Å². The van der Waals surface area contributed by atoms with Gasteiger partial charge in [-0.15, -0.1) is 11.3 Å². The van der Waals surface area contributed by atoms with Crippen molar-refractivity contribution < 1.29 is 0 Å². The summed E-state index contributed by atoms with van der Waals surface area (Å²) in [4.78, 5) is 11.3. The Balaban J connectivity index is 1.83. The van der Waals surface area contributed by atoms with E-state index in [1.165, 1.54) is 25.7 Å². The number of guanidine groups is 1. The number of hydrogen-bond acceptors (Lipinski definition) is 4. The molecule has 1 heterocycles. The van der Waals surface area contributed by atoms with Crippen LogP contribution in [-0.4, -0.2) is 55.6 Å². The summed E-state index contributed by atoms with van der Waals surface area (Å²) in [5.41, 5.74) is 1.40. The largest absolute Gasteiger partial charge is 0.356 e. The van der Waals surface area contributed by atoms with Crippen molar-refractivity contribution in [1.82, 2.24) is 20.5 Å². The van der Waals surface area contributed by atoms with E-state index >= 15 is 0 Å². The zero-order chi connectivity index (χ0) is 17.6. The third kappa shape index (κ3) is 5.18. The molecule has 0 spiro atoms. The third-order valence-electron chi connectivity index (χ3n) is 5.16. The zero-order valence-corrected chi connectivity index (χ0v) is 16.7. The molecule has 1 fully saturated rings. The second kappa shape index (κ2) is 8.81. The highest BCUT2D eigenvalue weighted by Crippen LogP contribution is 2.35. The van der Waals surface area contributed by atoms with Crippen molar-refractivity contribution in [2.45, 2.75) is 51.5 Å². The molecule has 136 valence electrons. The summed E-state index contributed by atoms with van der Waals surface area (Å²) < 4.78 is 0. The molecule has 2 N–H and O–H groups in total. The smallest absolute Gasteiger partial charge is 0.191 e. The van der Waals surface area contributed by atoms with Crippen LogP contribution in [0.2, 0.25) is 0 Å². The molecule has 0 radical (unpaired) electrons. The van der Waals surface area contributed by atoms with Crippen LogP contribution in [0.5, 0.6) is 0 Å². The van der Waals surface area contributed by atoms with Gasteiger partial charge < -0.3 is 15.5 Å². The predicted molar refractivity (Wildman–Crippen MR) is 104 cm³/mol. The molecule has 0 aromatic carbocycles. The lowest BCUT2D eigenvalue weighted by Crippen LogP contribution is -2.56. The van der Waals surface area contributed by atoms with Gasteiger partial charge in [0.2, 0.25) is 0 Å². The fraction of sp³-hybridized carbons (Fsp3) is 0.778. The van der Waals surface area contributed by atoms with Crippen molar-refractivity contribution in [3.63, 3.8) is 0 Å². The highest BCUT2D eigenvalue weighted by atomic mass is 32.1. The molecule has 1 aromatic heterocycles. The number of likely N-dealkylation sites (N-methyl/N-ethyl adjacent to an activating group) is 1. The number of thiazole rings is 1. The fourth-order valence-electron chi connectivity index (χ4n) is 3.66. The van der Waals surface area contributed by atoms with E-state index in [1.54, 1.807) is 11.3 Å². The molecule has 1 aliphatic carbocycles. The molecule has 1 aliphatic rings. The van der Waals surface area contributed by atoms with Crippen LogP contribution in [0.25, 0.3) is 0 Å². The van der Waals surface area contributed by atoms with Gasteiger partial charge in [0.1, 0.15) is 0 Å². The van der Waals surface area contributed by atoms with Gasteiger partial charge in [0.05, 0.1) is 10.7 Å². The number of aryl methyl sites for hydroxylation is 1. The quantitative estimate of drug-likeness (QED) is 0.611. The predicted octanol–water partition coefficient (Wildman–Crippen LogP) is 2.67. The van der Waals surface area contributed by atoms with Crippen molar-refractivity contribution >= 4 is 17.3 Å². The molecule has 5 nitrogen and oxygen atoms in total. The minimum atomic E-state index is 0.237. The molecule has 0 saturated heterocycles. The molecule has 2 unspecified atom stereocenters. The van der Waals surface area contributed by atoms with Gasteiger partial charge >= 0.3 is 0 Å². The maximum Gasteiger partial charge on any atom is 0.191 e. The van der Waals surface area contributed by atoms with Crippen molar-refractivity contribution in [2.24, 2.45) is 10.9 Å². The first kappa shape index (κ1) is 19.2. The summed E-state index contributed by atoms with van der Waals surface area (Å²) in [5.74, 6) is 1.69. The molecule has 0 bridgehead atoms. The van der Waals surface area contributed by atoms with Gasteiger partial charge in [-0.05, 0) is 39.8 Å². The van der Waals surface area contributed by atoms with Crippen LogP contribution in [0, 0.1) is 12.8 Å². The number of aliphatic imine (C=N–C) groups is 1. The van der Waals surface area contributed by atoms with E-state index in [9.17, 15) is 0 Å². The maximum atomic E-state index is 4.51. The maximum absolute atomic E-state index is 4.51. The molecule has 0 aliphatic heterocycles.